The van der Waals surface area contributed by atoms with Gasteiger partial charge in [-0.25, -0.2) is 4.79 Å². The number of hydrogen-bond donors (Lipinski definition) is 3. The number of nitro groups is 1. The number of aromatic hydroxyl groups is 1. The van der Waals surface area contributed by atoms with Gasteiger partial charge >= 0.3 is 11.4 Å². The number of nitrogens with one attached hydrogen (secondary N) is 1. The molecule has 0 bridgehead atoms. The zero-order valence-electron chi connectivity index (χ0n) is 13.3. The number of aromatic nitrogens is 2. The van der Waals surface area contributed by atoms with Crippen LogP contribution in [-0.2, 0) is 4.74 Å². The van der Waals surface area contributed by atoms with Crippen LogP contribution in [0, 0.1) is 10.1 Å². The van der Waals surface area contributed by atoms with Crippen molar-refractivity contribution in [3.63, 3.8) is 0 Å². The van der Waals surface area contributed by atoms with Gasteiger partial charge in [0.25, 0.3) is 5.56 Å². The Balaban J connectivity index is 1.66. The Morgan fingerprint density at radius 2 is 2.15 bits per heavy atom. The van der Waals surface area contributed by atoms with Gasteiger partial charge in [0.2, 0.25) is 0 Å². The maximum absolute atomic E-state index is 11.8. The fourth-order valence-electron chi connectivity index (χ4n) is 2.62. The van der Waals surface area contributed by atoms with Crippen molar-refractivity contribution >= 4 is 5.69 Å². The van der Waals surface area contributed by atoms with Crippen molar-refractivity contribution in [1.82, 2.24) is 9.55 Å². The van der Waals surface area contributed by atoms with Crippen LogP contribution in [0.5, 0.6) is 11.5 Å². The van der Waals surface area contributed by atoms with Gasteiger partial charge in [-0.3, -0.25) is 24.5 Å². The summed E-state index contributed by atoms with van der Waals surface area (Å²) in [5.74, 6) is -0.383. The standard InChI is InChI=1S/C15H15N3O8/c19-10-5-8(1-2-9(10)18(23)24)25-7-12-11(20)6-14(26-12)17-4-3-13(21)16-15(17)22/h1-5,11-12,14,19-20H,6-7H2,(H,16,21,22)/t11-,12+,14+/m0/s1. The van der Waals surface area contributed by atoms with E-state index in [1.165, 1.54) is 18.3 Å². The van der Waals surface area contributed by atoms with Crippen molar-refractivity contribution in [2.45, 2.75) is 24.9 Å². The minimum absolute atomic E-state index is 0.104. The number of aliphatic hydroxyl groups is 1. The molecule has 2 aromatic rings. The third kappa shape index (κ3) is 3.58. The third-order valence-corrected chi connectivity index (χ3v) is 3.92. The van der Waals surface area contributed by atoms with E-state index in [1.54, 1.807) is 0 Å². The van der Waals surface area contributed by atoms with E-state index < -0.39 is 46.0 Å². The smallest absolute Gasteiger partial charge is 0.330 e. The van der Waals surface area contributed by atoms with Gasteiger partial charge in [-0.15, -0.1) is 0 Å². The molecule has 11 heteroatoms. The summed E-state index contributed by atoms with van der Waals surface area (Å²) in [6, 6.07) is 4.66. The van der Waals surface area contributed by atoms with Crippen LogP contribution in [0.2, 0.25) is 0 Å². The molecule has 0 radical (unpaired) electrons. The summed E-state index contributed by atoms with van der Waals surface area (Å²) >= 11 is 0. The molecule has 2 heterocycles. The van der Waals surface area contributed by atoms with Gasteiger partial charge in [0.1, 0.15) is 24.7 Å². The lowest BCUT2D eigenvalue weighted by molar-refractivity contribution is -0.385. The minimum atomic E-state index is -0.925. The van der Waals surface area contributed by atoms with Crippen LogP contribution < -0.4 is 16.0 Å². The van der Waals surface area contributed by atoms with Crippen molar-refractivity contribution in [2.75, 3.05) is 6.61 Å². The highest BCUT2D eigenvalue weighted by atomic mass is 16.6. The van der Waals surface area contributed by atoms with Gasteiger partial charge in [0.05, 0.1) is 11.0 Å². The molecule has 0 saturated carbocycles. The maximum atomic E-state index is 11.8. The van der Waals surface area contributed by atoms with E-state index in [2.05, 4.69) is 4.98 Å². The normalized spacial score (nSPS) is 22.3. The highest BCUT2D eigenvalue weighted by Gasteiger charge is 2.36. The lowest BCUT2D eigenvalue weighted by Gasteiger charge is -2.16. The highest BCUT2D eigenvalue weighted by Crippen LogP contribution is 2.31. The van der Waals surface area contributed by atoms with Gasteiger partial charge in [-0.2, -0.15) is 0 Å². The summed E-state index contributed by atoms with van der Waals surface area (Å²) in [6.07, 6.45) is -1.07. The van der Waals surface area contributed by atoms with Crippen molar-refractivity contribution in [3.05, 3.63) is 61.4 Å². The number of aliphatic hydroxyl groups excluding tert-OH is 1. The first-order valence-corrected chi connectivity index (χ1v) is 7.60. The van der Waals surface area contributed by atoms with E-state index in [0.717, 1.165) is 16.7 Å². The van der Waals surface area contributed by atoms with E-state index in [-0.39, 0.29) is 18.8 Å². The number of hydrogen-bond acceptors (Lipinski definition) is 8. The second-order valence-electron chi connectivity index (χ2n) is 5.67. The van der Waals surface area contributed by atoms with Crippen molar-refractivity contribution in [2.24, 2.45) is 0 Å². The van der Waals surface area contributed by atoms with E-state index >= 15 is 0 Å². The Bertz CT molecular complexity index is 937. The molecule has 0 amide bonds. The predicted molar refractivity (Wildman–Crippen MR) is 86.1 cm³/mol. The second kappa shape index (κ2) is 6.98. The molecule has 138 valence electrons. The first-order valence-electron chi connectivity index (χ1n) is 7.60. The van der Waals surface area contributed by atoms with Crippen LogP contribution in [0.4, 0.5) is 5.69 Å². The summed E-state index contributed by atoms with van der Waals surface area (Å²) in [5.41, 5.74) is -1.65. The molecule has 0 aliphatic carbocycles. The SMILES string of the molecule is O=c1ccn([C@H]2C[C@H](O)[C@@H](COc3ccc([N+](=O)[O-])c(O)c3)O2)c(=O)[nH]1. The van der Waals surface area contributed by atoms with Gasteiger partial charge < -0.3 is 19.7 Å². The number of H-pyrrole nitrogens is 1. The average Bonchev–Trinajstić information content (AvgIpc) is 2.93. The second-order valence-corrected chi connectivity index (χ2v) is 5.67. The fraction of sp³-hybridized carbons (Fsp3) is 0.333. The number of benzene rings is 1. The Labute approximate surface area is 145 Å². The molecule has 1 fully saturated rings. The van der Waals surface area contributed by atoms with E-state index in [0.29, 0.717) is 0 Å². The number of rotatable bonds is 5. The number of nitro benzene ring substituents is 1. The lowest BCUT2D eigenvalue weighted by Crippen LogP contribution is -2.32. The molecule has 3 rings (SSSR count). The summed E-state index contributed by atoms with van der Waals surface area (Å²) in [6.45, 7) is -0.104. The minimum Gasteiger partial charge on any atom is -0.502 e. The van der Waals surface area contributed by atoms with Crippen molar-refractivity contribution < 1.29 is 24.6 Å². The molecule has 26 heavy (non-hydrogen) atoms. The van der Waals surface area contributed by atoms with Gasteiger partial charge in [0.15, 0.2) is 5.75 Å². The molecule has 3 N–H and O–H groups in total. The van der Waals surface area contributed by atoms with Gasteiger partial charge in [-0.1, -0.05) is 0 Å². The van der Waals surface area contributed by atoms with Crippen molar-refractivity contribution in [3.8, 4) is 11.5 Å². The molecule has 11 nitrogen and oxygen atoms in total. The topological polar surface area (TPSA) is 157 Å². The summed E-state index contributed by atoms with van der Waals surface area (Å²) in [7, 11) is 0. The molecule has 0 unspecified atom stereocenters. The van der Waals surface area contributed by atoms with Crippen LogP contribution in [0.1, 0.15) is 12.6 Å². The number of aromatic amines is 1. The van der Waals surface area contributed by atoms with Crippen LogP contribution in [0.25, 0.3) is 0 Å². The number of nitrogens with zero attached hydrogens (tertiary/aromatic N) is 2. The number of phenolic OH excluding ortho intramolecular Hbond substituents is 1. The molecule has 1 aromatic carbocycles. The zero-order valence-corrected chi connectivity index (χ0v) is 13.3. The van der Waals surface area contributed by atoms with Gasteiger partial charge in [-0.05, 0) is 6.07 Å². The predicted octanol–water partition coefficient (Wildman–Crippen LogP) is -0.122. The summed E-state index contributed by atoms with van der Waals surface area (Å²) in [5, 5.41) is 30.3. The summed E-state index contributed by atoms with van der Waals surface area (Å²) < 4.78 is 12.1. The first kappa shape index (κ1) is 17.6. The maximum Gasteiger partial charge on any atom is 0.330 e. The molecule has 1 aromatic heterocycles. The quantitative estimate of drug-likeness (QED) is 0.489. The monoisotopic (exact) mass is 365 g/mol. The largest absolute Gasteiger partial charge is 0.502 e. The Kier molecular flexibility index (Phi) is 4.73. The van der Waals surface area contributed by atoms with E-state index in [1.807, 2.05) is 0 Å². The molecule has 1 saturated heterocycles. The van der Waals surface area contributed by atoms with Crippen LogP contribution in [0.3, 0.4) is 0 Å². The van der Waals surface area contributed by atoms with Gasteiger partial charge in [0, 0.05) is 30.8 Å². The van der Waals surface area contributed by atoms with E-state index in [4.69, 9.17) is 9.47 Å². The van der Waals surface area contributed by atoms with Crippen LogP contribution in [-0.4, -0.2) is 43.5 Å². The molecular weight excluding hydrogens is 350 g/mol. The Hall–Kier alpha value is -3.18. The number of ether oxygens (including phenoxy) is 2. The Morgan fingerprint density at radius 1 is 1.38 bits per heavy atom. The zero-order chi connectivity index (χ0) is 18.8. The molecule has 3 atom stereocenters. The molecule has 1 aliphatic heterocycles. The van der Waals surface area contributed by atoms with Crippen LogP contribution >= 0.6 is 0 Å². The molecule has 1 aliphatic rings. The highest BCUT2D eigenvalue weighted by molar-refractivity contribution is 5.49. The van der Waals surface area contributed by atoms with Crippen molar-refractivity contribution in [1.29, 1.82) is 0 Å². The molecule has 0 spiro atoms. The lowest BCUT2D eigenvalue weighted by atomic mass is 10.2. The fourth-order valence-corrected chi connectivity index (χ4v) is 2.62. The van der Waals surface area contributed by atoms with E-state index in [9.17, 15) is 29.9 Å². The first-order chi connectivity index (χ1) is 12.3. The number of phenols is 1. The average molecular weight is 365 g/mol. The third-order valence-electron chi connectivity index (χ3n) is 3.92. The molecular formula is C15H15N3O8. The Morgan fingerprint density at radius 3 is 2.81 bits per heavy atom. The van der Waals surface area contributed by atoms with Crippen LogP contribution in [0.15, 0.2) is 40.1 Å². The summed E-state index contributed by atoms with van der Waals surface area (Å²) in [4.78, 5) is 34.9.